The normalized spacial score (nSPS) is 10.6. The summed E-state index contributed by atoms with van der Waals surface area (Å²) < 4.78 is 41.7. The summed E-state index contributed by atoms with van der Waals surface area (Å²) in [5, 5.41) is 9.16. The second-order valence-corrected chi connectivity index (χ2v) is 2.90. The molecular formula is C9H8F3NO3. The van der Waals surface area contributed by atoms with Gasteiger partial charge in [-0.15, -0.1) is 0 Å². The fourth-order valence-corrected chi connectivity index (χ4v) is 1.05. The lowest BCUT2D eigenvalue weighted by Crippen LogP contribution is -2.07. The van der Waals surface area contributed by atoms with E-state index in [1.165, 1.54) is 0 Å². The van der Waals surface area contributed by atoms with Crippen LogP contribution < -0.4 is 0 Å². The number of esters is 1. The number of alkyl halides is 2. The lowest BCUT2D eigenvalue weighted by Gasteiger charge is -2.06. The van der Waals surface area contributed by atoms with Crippen LogP contribution in [0.1, 0.15) is 17.7 Å². The Bertz CT molecular complexity index is 409. The van der Waals surface area contributed by atoms with Gasteiger partial charge in [-0.05, 0) is 6.07 Å². The molecule has 4 nitrogen and oxygen atoms in total. The molecule has 0 atom stereocenters. The molecule has 16 heavy (non-hydrogen) atoms. The first-order chi connectivity index (χ1) is 7.45. The quantitative estimate of drug-likeness (QED) is 0.638. The van der Waals surface area contributed by atoms with Crippen LogP contribution in [-0.2, 0) is 16.0 Å². The molecule has 88 valence electrons. The molecule has 0 spiro atoms. The van der Waals surface area contributed by atoms with Gasteiger partial charge < -0.3 is 9.84 Å². The summed E-state index contributed by atoms with van der Waals surface area (Å²) in [7, 11) is 1.09. The molecule has 0 unspecified atom stereocenters. The van der Waals surface area contributed by atoms with E-state index in [1.54, 1.807) is 0 Å². The van der Waals surface area contributed by atoms with Crippen molar-refractivity contribution in [1.29, 1.82) is 0 Å². The molecule has 0 aliphatic heterocycles. The summed E-state index contributed by atoms with van der Waals surface area (Å²) in [6, 6.07) is 0.764. The Morgan fingerprint density at radius 1 is 1.62 bits per heavy atom. The van der Waals surface area contributed by atoms with Crippen molar-refractivity contribution < 1.29 is 27.8 Å². The Labute approximate surface area is 88.7 Å². The minimum absolute atomic E-state index is 0.283. The van der Waals surface area contributed by atoms with Crippen LogP contribution in [0.25, 0.3) is 0 Å². The summed E-state index contributed by atoms with van der Waals surface area (Å²) in [5.41, 5.74) is -1.12. The number of hydrogen-bond donors (Lipinski definition) is 1. The number of ether oxygens (including phenoxy) is 1. The zero-order chi connectivity index (χ0) is 12.3. The molecule has 1 rings (SSSR count). The average Bonchev–Trinajstić information content (AvgIpc) is 2.23. The van der Waals surface area contributed by atoms with E-state index in [1.807, 2.05) is 0 Å². The molecule has 1 N–H and O–H groups in total. The van der Waals surface area contributed by atoms with Crippen molar-refractivity contribution in [3.8, 4) is 5.75 Å². The fraction of sp³-hybridized carbons (Fsp3) is 0.333. The van der Waals surface area contributed by atoms with E-state index in [9.17, 15) is 18.0 Å². The number of halogens is 3. The second kappa shape index (κ2) is 4.82. The fourth-order valence-electron chi connectivity index (χ4n) is 1.05. The molecule has 0 fully saturated rings. The van der Waals surface area contributed by atoms with Gasteiger partial charge >= 0.3 is 5.97 Å². The van der Waals surface area contributed by atoms with Gasteiger partial charge in [-0.3, -0.25) is 4.79 Å². The van der Waals surface area contributed by atoms with E-state index in [2.05, 4.69) is 9.72 Å². The Balaban J connectivity index is 3.11. The van der Waals surface area contributed by atoms with Crippen molar-refractivity contribution in [3.05, 3.63) is 23.3 Å². The molecule has 0 aromatic carbocycles. The first-order valence-corrected chi connectivity index (χ1v) is 4.19. The Kier molecular flexibility index (Phi) is 3.70. The van der Waals surface area contributed by atoms with E-state index >= 15 is 0 Å². The molecule has 0 radical (unpaired) electrons. The lowest BCUT2D eigenvalue weighted by molar-refractivity contribution is -0.139. The van der Waals surface area contributed by atoms with Gasteiger partial charge in [0.15, 0.2) is 5.75 Å². The van der Waals surface area contributed by atoms with Crippen LogP contribution >= 0.6 is 0 Å². The maximum Gasteiger partial charge on any atom is 0.310 e. The maximum atomic E-state index is 12.9. The molecule has 0 amide bonds. The zero-order valence-corrected chi connectivity index (χ0v) is 8.21. The van der Waals surface area contributed by atoms with Gasteiger partial charge in [-0.1, -0.05) is 0 Å². The van der Waals surface area contributed by atoms with Crippen LogP contribution in [0, 0.1) is 5.95 Å². The van der Waals surface area contributed by atoms with Crippen molar-refractivity contribution in [2.75, 3.05) is 7.11 Å². The summed E-state index contributed by atoms with van der Waals surface area (Å²) in [6.45, 7) is 0. The number of hydrogen-bond acceptors (Lipinski definition) is 4. The molecule has 0 aliphatic carbocycles. The van der Waals surface area contributed by atoms with Gasteiger partial charge in [0.05, 0.1) is 13.5 Å². The van der Waals surface area contributed by atoms with E-state index in [4.69, 9.17) is 5.11 Å². The third-order valence-electron chi connectivity index (χ3n) is 1.83. The van der Waals surface area contributed by atoms with Crippen LogP contribution in [-0.4, -0.2) is 23.2 Å². The SMILES string of the molecule is COC(=O)Cc1cc(C(F)F)nc(F)c1O. The Morgan fingerprint density at radius 3 is 2.75 bits per heavy atom. The van der Waals surface area contributed by atoms with Crippen molar-refractivity contribution in [1.82, 2.24) is 4.98 Å². The summed E-state index contributed by atoms with van der Waals surface area (Å²) in [5.74, 6) is -3.13. The topological polar surface area (TPSA) is 59.4 Å². The highest BCUT2D eigenvalue weighted by atomic mass is 19.3. The number of aromatic hydroxyl groups is 1. The van der Waals surface area contributed by atoms with E-state index in [-0.39, 0.29) is 5.56 Å². The number of carbonyl (C=O) groups excluding carboxylic acids is 1. The summed E-state index contributed by atoms with van der Waals surface area (Å²) in [6.07, 6.45) is -3.48. The van der Waals surface area contributed by atoms with Crippen LogP contribution in [0.15, 0.2) is 6.07 Å². The molecule has 0 bridgehead atoms. The van der Waals surface area contributed by atoms with Gasteiger partial charge in [0.1, 0.15) is 5.69 Å². The predicted molar refractivity (Wildman–Crippen MR) is 46.5 cm³/mol. The molecule has 1 aromatic heterocycles. The van der Waals surface area contributed by atoms with Gasteiger partial charge in [-0.2, -0.15) is 4.39 Å². The predicted octanol–water partition coefficient (Wildman–Crippen LogP) is 1.58. The minimum atomic E-state index is -2.98. The number of pyridine rings is 1. The van der Waals surface area contributed by atoms with Crippen LogP contribution in [0.2, 0.25) is 0 Å². The van der Waals surface area contributed by atoms with Crippen molar-refractivity contribution >= 4 is 5.97 Å². The monoisotopic (exact) mass is 235 g/mol. The molecule has 0 saturated carbocycles. The first-order valence-electron chi connectivity index (χ1n) is 4.19. The molecule has 7 heteroatoms. The maximum absolute atomic E-state index is 12.9. The smallest absolute Gasteiger partial charge is 0.310 e. The van der Waals surface area contributed by atoms with Gasteiger partial charge in [0, 0.05) is 5.56 Å². The van der Waals surface area contributed by atoms with Crippen LogP contribution in [0.3, 0.4) is 0 Å². The van der Waals surface area contributed by atoms with Crippen LogP contribution in [0.4, 0.5) is 13.2 Å². The zero-order valence-electron chi connectivity index (χ0n) is 8.21. The van der Waals surface area contributed by atoms with Crippen LogP contribution in [0.5, 0.6) is 5.75 Å². The molecule has 0 aliphatic rings. The Morgan fingerprint density at radius 2 is 2.25 bits per heavy atom. The third kappa shape index (κ3) is 2.62. The lowest BCUT2D eigenvalue weighted by atomic mass is 10.1. The number of methoxy groups -OCH3 is 1. The van der Waals surface area contributed by atoms with E-state index < -0.39 is 36.2 Å². The number of carbonyl (C=O) groups is 1. The van der Waals surface area contributed by atoms with Gasteiger partial charge in [-0.25, -0.2) is 13.8 Å². The highest BCUT2D eigenvalue weighted by molar-refractivity contribution is 5.73. The second-order valence-electron chi connectivity index (χ2n) is 2.90. The molecule has 1 heterocycles. The summed E-state index contributed by atoms with van der Waals surface area (Å²) in [4.78, 5) is 13.7. The molecular weight excluding hydrogens is 227 g/mol. The van der Waals surface area contributed by atoms with E-state index in [0.717, 1.165) is 13.2 Å². The van der Waals surface area contributed by atoms with Crippen molar-refractivity contribution in [2.45, 2.75) is 12.8 Å². The standard InChI is InChI=1S/C9H8F3NO3/c1-16-6(14)3-4-2-5(8(10)11)13-9(12)7(4)15/h2,8,15H,3H2,1H3. The minimum Gasteiger partial charge on any atom is -0.503 e. The van der Waals surface area contributed by atoms with Crippen molar-refractivity contribution in [2.24, 2.45) is 0 Å². The number of nitrogens with zero attached hydrogens (tertiary/aromatic N) is 1. The van der Waals surface area contributed by atoms with Gasteiger partial charge in [0.25, 0.3) is 12.4 Å². The third-order valence-corrected chi connectivity index (χ3v) is 1.83. The summed E-state index contributed by atoms with van der Waals surface area (Å²) >= 11 is 0. The molecule has 0 saturated heterocycles. The van der Waals surface area contributed by atoms with Gasteiger partial charge in [0.2, 0.25) is 0 Å². The molecule has 1 aromatic rings. The number of rotatable bonds is 3. The Hall–Kier alpha value is -1.79. The largest absolute Gasteiger partial charge is 0.503 e. The van der Waals surface area contributed by atoms with Crippen molar-refractivity contribution in [3.63, 3.8) is 0 Å². The van der Waals surface area contributed by atoms with E-state index in [0.29, 0.717) is 0 Å². The first kappa shape index (κ1) is 12.3. The highest BCUT2D eigenvalue weighted by Gasteiger charge is 2.18. The average molecular weight is 235 g/mol. The number of aromatic nitrogens is 1. The highest BCUT2D eigenvalue weighted by Crippen LogP contribution is 2.26.